The number of ether oxygens (including phenoxy) is 1. The zero-order valence-electron chi connectivity index (χ0n) is 16.1. The van der Waals surface area contributed by atoms with Gasteiger partial charge in [-0.1, -0.05) is 12.1 Å². The van der Waals surface area contributed by atoms with Gasteiger partial charge in [-0.2, -0.15) is 4.98 Å². The summed E-state index contributed by atoms with van der Waals surface area (Å²) < 4.78 is 6.61. The lowest BCUT2D eigenvalue weighted by molar-refractivity contribution is -0.114. The van der Waals surface area contributed by atoms with Crippen molar-refractivity contribution in [2.45, 2.75) is 13.8 Å². The second-order valence-electron chi connectivity index (χ2n) is 6.16. The second kappa shape index (κ2) is 8.25. The van der Waals surface area contributed by atoms with Crippen molar-refractivity contribution in [2.75, 3.05) is 17.2 Å². The first-order valence-corrected chi connectivity index (χ1v) is 9.91. The monoisotopic (exact) mass is 423 g/mol. The fourth-order valence-electron chi connectivity index (χ4n) is 2.69. The first kappa shape index (κ1) is 19.5. The molecule has 1 amide bonds. The number of amides is 1. The van der Waals surface area contributed by atoms with Crippen molar-refractivity contribution in [3.63, 3.8) is 0 Å². The third-order valence-electron chi connectivity index (χ3n) is 3.97. The minimum Gasteiger partial charge on any atom is -0.461 e. The van der Waals surface area contributed by atoms with Gasteiger partial charge in [0, 0.05) is 23.6 Å². The third-order valence-corrected chi connectivity index (χ3v) is 4.79. The molecule has 0 saturated carbocycles. The van der Waals surface area contributed by atoms with Crippen molar-refractivity contribution in [2.24, 2.45) is 0 Å². The van der Waals surface area contributed by atoms with Gasteiger partial charge in [0.2, 0.25) is 16.8 Å². The molecule has 0 unspecified atom stereocenters. The van der Waals surface area contributed by atoms with Crippen LogP contribution in [-0.4, -0.2) is 43.3 Å². The van der Waals surface area contributed by atoms with Gasteiger partial charge in [-0.15, -0.1) is 26.6 Å². The molecule has 152 valence electrons. The van der Waals surface area contributed by atoms with Crippen molar-refractivity contribution in [1.82, 2.24) is 24.8 Å². The smallest absolute Gasteiger partial charge is 0.358 e. The molecule has 0 aliphatic heterocycles. The van der Waals surface area contributed by atoms with Crippen LogP contribution < -0.4 is 10.6 Å². The lowest BCUT2D eigenvalue weighted by Crippen LogP contribution is -2.08. The van der Waals surface area contributed by atoms with Gasteiger partial charge in [-0.3, -0.25) is 4.79 Å². The Bertz CT molecular complexity index is 1200. The first-order valence-electron chi connectivity index (χ1n) is 9.03. The van der Waals surface area contributed by atoms with Gasteiger partial charge in [-0.05, 0) is 31.2 Å². The predicted molar refractivity (Wildman–Crippen MR) is 112 cm³/mol. The van der Waals surface area contributed by atoms with Crippen LogP contribution in [0.3, 0.4) is 0 Å². The SMILES string of the molecule is CCOC(=O)c1ccc(Nc2nc3scc(-c4ccc(NC(C)=O)cc4)n3n2)nn1. The van der Waals surface area contributed by atoms with Gasteiger partial charge in [0.1, 0.15) is 0 Å². The molecule has 30 heavy (non-hydrogen) atoms. The summed E-state index contributed by atoms with van der Waals surface area (Å²) >= 11 is 1.45. The van der Waals surface area contributed by atoms with E-state index in [1.165, 1.54) is 24.3 Å². The highest BCUT2D eigenvalue weighted by Crippen LogP contribution is 2.27. The molecule has 4 aromatic rings. The number of thiazole rings is 1. The van der Waals surface area contributed by atoms with E-state index in [0.29, 0.717) is 16.7 Å². The Morgan fingerprint density at radius 3 is 2.60 bits per heavy atom. The van der Waals surface area contributed by atoms with E-state index in [-0.39, 0.29) is 18.2 Å². The fraction of sp³-hybridized carbons (Fsp3) is 0.158. The van der Waals surface area contributed by atoms with Crippen molar-refractivity contribution >= 4 is 45.6 Å². The van der Waals surface area contributed by atoms with Crippen LogP contribution in [0.15, 0.2) is 41.8 Å². The van der Waals surface area contributed by atoms with Crippen molar-refractivity contribution in [3.8, 4) is 11.3 Å². The van der Waals surface area contributed by atoms with Gasteiger partial charge in [0.05, 0.1) is 12.3 Å². The number of rotatable bonds is 6. The number of hydrogen-bond acceptors (Lipinski definition) is 9. The number of nitrogens with one attached hydrogen (secondary N) is 2. The summed E-state index contributed by atoms with van der Waals surface area (Å²) in [4.78, 5) is 28.0. The molecule has 3 aromatic heterocycles. The number of esters is 1. The zero-order chi connectivity index (χ0) is 21.1. The van der Waals surface area contributed by atoms with Gasteiger partial charge >= 0.3 is 5.97 Å². The summed E-state index contributed by atoms with van der Waals surface area (Å²) in [5.74, 6) is 0.121. The van der Waals surface area contributed by atoms with Crippen LogP contribution in [-0.2, 0) is 9.53 Å². The first-order chi connectivity index (χ1) is 14.5. The van der Waals surface area contributed by atoms with Gasteiger partial charge in [0.25, 0.3) is 0 Å². The molecule has 3 heterocycles. The summed E-state index contributed by atoms with van der Waals surface area (Å²) in [6, 6.07) is 10.6. The summed E-state index contributed by atoms with van der Waals surface area (Å²) in [5.41, 5.74) is 2.66. The predicted octanol–water partition coefficient (Wildman–Crippen LogP) is 3.13. The molecular formula is C19H17N7O3S. The number of nitrogens with zero attached hydrogens (tertiary/aromatic N) is 5. The lowest BCUT2D eigenvalue weighted by Gasteiger charge is -2.04. The van der Waals surface area contributed by atoms with E-state index in [2.05, 4.69) is 30.9 Å². The van der Waals surface area contributed by atoms with Crippen LogP contribution in [0, 0.1) is 0 Å². The van der Waals surface area contributed by atoms with Crippen LogP contribution in [0.1, 0.15) is 24.3 Å². The average Bonchev–Trinajstić information content (AvgIpc) is 3.29. The van der Waals surface area contributed by atoms with E-state index in [0.717, 1.165) is 16.9 Å². The minimum atomic E-state index is -0.522. The Balaban J connectivity index is 1.53. The Kier molecular flexibility index (Phi) is 5.35. The number of hydrogen-bond donors (Lipinski definition) is 2. The summed E-state index contributed by atoms with van der Waals surface area (Å²) in [5, 5.41) is 20.0. The maximum atomic E-state index is 11.7. The van der Waals surface area contributed by atoms with Crippen molar-refractivity contribution in [3.05, 3.63) is 47.5 Å². The Hall–Kier alpha value is -3.86. The number of benzene rings is 1. The van der Waals surface area contributed by atoms with E-state index < -0.39 is 5.97 Å². The van der Waals surface area contributed by atoms with Crippen LogP contribution in [0.5, 0.6) is 0 Å². The number of aromatic nitrogens is 5. The highest BCUT2D eigenvalue weighted by molar-refractivity contribution is 7.15. The molecule has 0 radical (unpaired) electrons. The topological polar surface area (TPSA) is 123 Å². The van der Waals surface area contributed by atoms with E-state index in [1.807, 2.05) is 29.6 Å². The number of carbonyl (C=O) groups excluding carboxylic acids is 2. The van der Waals surface area contributed by atoms with Crippen molar-refractivity contribution in [1.29, 1.82) is 0 Å². The fourth-order valence-corrected chi connectivity index (χ4v) is 3.52. The molecule has 0 aliphatic rings. The maximum Gasteiger partial charge on any atom is 0.358 e. The number of carbonyl (C=O) groups is 2. The van der Waals surface area contributed by atoms with E-state index in [9.17, 15) is 9.59 Å². The summed E-state index contributed by atoms with van der Waals surface area (Å²) in [6.07, 6.45) is 0. The van der Waals surface area contributed by atoms with Crippen LogP contribution >= 0.6 is 11.3 Å². The van der Waals surface area contributed by atoms with Crippen LogP contribution in [0.4, 0.5) is 17.5 Å². The second-order valence-corrected chi connectivity index (χ2v) is 7.00. The van der Waals surface area contributed by atoms with Crippen molar-refractivity contribution < 1.29 is 14.3 Å². The molecule has 11 heteroatoms. The molecule has 0 atom stereocenters. The number of anilines is 3. The quantitative estimate of drug-likeness (QED) is 0.454. The van der Waals surface area contributed by atoms with E-state index in [4.69, 9.17) is 4.74 Å². The largest absolute Gasteiger partial charge is 0.461 e. The Morgan fingerprint density at radius 1 is 1.13 bits per heavy atom. The molecule has 0 fully saturated rings. The van der Waals surface area contributed by atoms with Gasteiger partial charge in [0.15, 0.2) is 11.5 Å². The molecule has 10 nitrogen and oxygen atoms in total. The van der Waals surface area contributed by atoms with E-state index in [1.54, 1.807) is 17.5 Å². The molecule has 0 aliphatic carbocycles. The molecule has 0 saturated heterocycles. The van der Waals surface area contributed by atoms with E-state index >= 15 is 0 Å². The highest BCUT2D eigenvalue weighted by Gasteiger charge is 2.13. The van der Waals surface area contributed by atoms with Crippen LogP contribution in [0.25, 0.3) is 16.2 Å². The van der Waals surface area contributed by atoms with Gasteiger partial charge in [-0.25, -0.2) is 9.31 Å². The lowest BCUT2D eigenvalue weighted by atomic mass is 10.1. The zero-order valence-corrected chi connectivity index (χ0v) is 16.9. The molecule has 4 rings (SSSR count). The standard InChI is InChI=1S/C19H17N7O3S/c1-3-29-17(28)14-8-9-16(24-23-14)21-18-22-19-26(25-18)15(10-30-19)12-4-6-13(7-5-12)20-11(2)27/h4-10H,3H2,1-2H3,(H,20,27)(H,21,24,25). The normalized spacial score (nSPS) is 10.7. The third kappa shape index (κ3) is 4.10. The van der Waals surface area contributed by atoms with Crippen LogP contribution in [0.2, 0.25) is 0 Å². The molecule has 0 spiro atoms. The molecule has 0 bridgehead atoms. The average molecular weight is 423 g/mol. The summed E-state index contributed by atoms with van der Waals surface area (Å²) in [7, 11) is 0. The Morgan fingerprint density at radius 2 is 1.93 bits per heavy atom. The highest BCUT2D eigenvalue weighted by atomic mass is 32.1. The molecular weight excluding hydrogens is 406 g/mol. The minimum absolute atomic E-state index is 0.119. The molecule has 1 aromatic carbocycles. The van der Waals surface area contributed by atoms with Gasteiger partial charge < -0.3 is 15.4 Å². The maximum absolute atomic E-state index is 11.7. The Labute approximate surface area is 174 Å². The summed E-state index contributed by atoms with van der Waals surface area (Å²) in [6.45, 7) is 3.46. The molecule has 2 N–H and O–H groups in total. The number of fused-ring (bicyclic) bond motifs is 1.